The number of nitrogens with one attached hydrogen (secondary N) is 2. The molecule has 0 unspecified atom stereocenters. The maximum atomic E-state index is 12.1. The van der Waals surface area contributed by atoms with E-state index in [4.69, 9.17) is 40.2 Å². The van der Waals surface area contributed by atoms with Gasteiger partial charge >= 0.3 is 0 Å². The number of ether oxygens (including phenoxy) is 1. The number of benzene rings is 1. The van der Waals surface area contributed by atoms with Crippen LogP contribution >= 0.6 is 35.4 Å². The molecule has 0 atom stereocenters. The van der Waals surface area contributed by atoms with Crippen LogP contribution in [0.25, 0.3) is 0 Å². The van der Waals surface area contributed by atoms with E-state index in [2.05, 4.69) is 9.97 Å². The monoisotopic (exact) mass is 344 g/mol. The number of aromatic nitrogens is 2. The van der Waals surface area contributed by atoms with E-state index >= 15 is 0 Å². The molecule has 0 aliphatic rings. The van der Waals surface area contributed by atoms with Crippen molar-refractivity contribution in [2.75, 3.05) is 7.11 Å². The molecular formula is C14H14Cl2N2O2S. The summed E-state index contributed by atoms with van der Waals surface area (Å²) >= 11 is 17.2. The Balaban J connectivity index is 2.48. The highest BCUT2D eigenvalue weighted by Crippen LogP contribution is 2.34. The predicted molar refractivity (Wildman–Crippen MR) is 87.4 cm³/mol. The predicted octanol–water partition coefficient (Wildman–Crippen LogP) is 3.90. The van der Waals surface area contributed by atoms with Crippen LogP contribution in [0.4, 0.5) is 0 Å². The molecule has 2 aromatic rings. The van der Waals surface area contributed by atoms with Crippen LogP contribution in [0.5, 0.6) is 5.75 Å². The van der Waals surface area contributed by atoms with Crippen molar-refractivity contribution in [3.05, 3.63) is 54.1 Å². The van der Waals surface area contributed by atoms with Crippen molar-refractivity contribution in [3.8, 4) is 5.75 Å². The maximum Gasteiger partial charge on any atom is 0.255 e. The van der Waals surface area contributed by atoms with Crippen LogP contribution < -0.4 is 10.3 Å². The Hall–Kier alpha value is -1.30. The summed E-state index contributed by atoms with van der Waals surface area (Å²) < 4.78 is 5.44. The van der Waals surface area contributed by atoms with E-state index < -0.39 is 0 Å². The molecule has 1 heterocycles. The van der Waals surface area contributed by atoms with Crippen LogP contribution in [0.3, 0.4) is 0 Å². The van der Waals surface area contributed by atoms with Crippen molar-refractivity contribution in [3.63, 3.8) is 0 Å². The highest BCUT2D eigenvalue weighted by Gasteiger charge is 2.12. The van der Waals surface area contributed by atoms with Crippen molar-refractivity contribution < 1.29 is 4.74 Å². The van der Waals surface area contributed by atoms with E-state index in [9.17, 15) is 4.79 Å². The molecule has 0 radical (unpaired) electrons. The van der Waals surface area contributed by atoms with Crippen LogP contribution in [-0.4, -0.2) is 17.1 Å². The van der Waals surface area contributed by atoms with Gasteiger partial charge in [-0.3, -0.25) is 9.78 Å². The summed E-state index contributed by atoms with van der Waals surface area (Å²) in [6.45, 7) is 1.96. The first-order valence-corrected chi connectivity index (χ1v) is 7.49. The van der Waals surface area contributed by atoms with Gasteiger partial charge in [-0.25, -0.2) is 0 Å². The zero-order valence-electron chi connectivity index (χ0n) is 11.5. The molecule has 0 aliphatic carbocycles. The fraction of sp³-hybridized carbons (Fsp3) is 0.286. The molecular weight excluding hydrogens is 331 g/mol. The molecule has 112 valence electrons. The normalized spacial score (nSPS) is 10.7. The summed E-state index contributed by atoms with van der Waals surface area (Å²) in [5, 5.41) is 0.830. The summed E-state index contributed by atoms with van der Waals surface area (Å²) in [7, 11) is 1.50. The van der Waals surface area contributed by atoms with Gasteiger partial charge in [-0.2, -0.15) is 0 Å². The van der Waals surface area contributed by atoms with Crippen LogP contribution in [0.15, 0.2) is 16.9 Å². The number of H-pyrrole nitrogens is 2. The summed E-state index contributed by atoms with van der Waals surface area (Å²) in [5.74, 6) is 0.430. The zero-order chi connectivity index (χ0) is 15.6. The quantitative estimate of drug-likeness (QED) is 0.827. The van der Waals surface area contributed by atoms with Gasteiger partial charge in [0.25, 0.3) is 5.56 Å². The lowest BCUT2D eigenvalue weighted by molar-refractivity contribution is 0.415. The van der Waals surface area contributed by atoms with Crippen LogP contribution in [0.1, 0.15) is 23.7 Å². The molecule has 2 N–H and O–H groups in total. The highest BCUT2D eigenvalue weighted by molar-refractivity contribution is 7.71. The second-order valence-electron chi connectivity index (χ2n) is 4.49. The van der Waals surface area contributed by atoms with Gasteiger partial charge in [-0.1, -0.05) is 30.1 Å². The van der Waals surface area contributed by atoms with E-state index in [1.165, 1.54) is 7.11 Å². The third kappa shape index (κ3) is 3.48. The molecule has 0 saturated heterocycles. The third-order valence-electron chi connectivity index (χ3n) is 3.13. The first kappa shape index (κ1) is 16.1. The first-order chi connectivity index (χ1) is 9.96. The fourth-order valence-corrected chi connectivity index (χ4v) is 3.06. The Kier molecular flexibility index (Phi) is 5.08. The third-order valence-corrected chi connectivity index (χ3v) is 3.89. The molecule has 2 rings (SSSR count). The Morgan fingerprint density at radius 3 is 2.38 bits per heavy atom. The van der Waals surface area contributed by atoms with Crippen LogP contribution in [0, 0.1) is 4.77 Å². The number of halogens is 2. The topological polar surface area (TPSA) is 57.9 Å². The molecule has 0 spiro atoms. The number of hydrogen-bond donors (Lipinski definition) is 2. The van der Waals surface area contributed by atoms with Gasteiger partial charge in [-0.15, -0.1) is 0 Å². The van der Waals surface area contributed by atoms with E-state index in [0.717, 1.165) is 11.3 Å². The Labute approximate surface area is 137 Å². The first-order valence-electron chi connectivity index (χ1n) is 6.32. The van der Waals surface area contributed by atoms with Gasteiger partial charge in [0, 0.05) is 17.7 Å². The standard InChI is InChI=1S/C14H14Cl2N2O2S/c1-3-11-8(13(19)18-14(21)17-11)4-7-5-9(15)12(20-2)10(16)6-7/h5-6H,3-4H2,1-2H3,(H2,17,18,19,21). The minimum atomic E-state index is -0.196. The van der Waals surface area contributed by atoms with E-state index in [1.807, 2.05) is 6.92 Å². The number of aromatic amines is 2. The van der Waals surface area contributed by atoms with E-state index in [0.29, 0.717) is 39.0 Å². The summed E-state index contributed by atoms with van der Waals surface area (Å²) in [5.41, 5.74) is 2.07. The van der Waals surface area contributed by atoms with Crippen molar-refractivity contribution in [2.45, 2.75) is 19.8 Å². The average molecular weight is 345 g/mol. The summed E-state index contributed by atoms with van der Waals surface area (Å²) in [6.07, 6.45) is 1.09. The molecule has 4 nitrogen and oxygen atoms in total. The van der Waals surface area contributed by atoms with Gasteiger partial charge in [0.15, 0.2) is 10.5 Å². The minimum Gasteiger partial charge on any atom is -0.494 e. The Morgan fingerprint density at radius 1 is 1.24 bits per heavy atom. The number of aryl methyl sites for hydroxylation is 1. The van der Waals surface area contributed by atoms with Gasteiger partial charge in [0.2, 0.25) is 0 Å². The number of methoxy groups -OCH3 is 1. The zero-order valence-corrected chi connectivity index (χ0v) is 13.9. The van der Waals surface area contributed by atoms with Gasteiger partial charge in [0.1, 0.15) is 0 Å². The van der Waals surface area contributed by atoms with E-state index in [-0.39, 0.29) is 5.56 Å². The van der Waals surface area contributed by atoms with Crippen LogP contribution in [0.2, 0.25) is 10.0 Å². The molecule has 0 saturated carbocycles. The molecule has 0 bridgehead atoms. The molecule has 1 aromatic heterocycles. The van der Waals surface area contributed by atoms with E-state index in [1.54, 1.807) is 12.1 Å². The number of hydrogen-bond acceptors (Lipinski definition) is 3. The number of rotatable bonds is 4. The lowest BCUT2D eigenvalue weighted by Gasteiger charge is -2.10. The average Bonchev–Trinajstić information content (AvgIpc) is 2.41. The smallest absolute Gasteiger partial charge is 0.255 e. The largest absolute Gasteiger partial charge is 0.494 e. The fourth-order valence-electron chi connectivity index (χ4n) is 2.16. The van der Waals surface area contributed by atoms with Crippen molar-refractivity contribution in [1.29, 1.82) is 0 Å². The molecule has 7 heteroatoms. The lowest BCUT2D eigenvalue weighted by Crippen LogP contribution is -2.18. The Bertz CT molecular complexity index is 760. The van der Waals surface area contributed by atoms with Crippen molar-refractivity contribution >= 4 is 35.4 Å². The summed E-state index contributed by atoms with van der Waals surface area (Å²) in [4.78, 5) is 17.7. The maximum absolute atomic E-state index is 12.1. The van der Waals surface area contributed by atoms with Gasteiger partial charge < -0.3 is 9.72 Å². The van der Waals surface area contributed by atoms with Crippen LogP contribution in [-0.2, 0) is 12.8 Å². The lowest BCUT2D eigenvalue weighted by atomic mass is 10.0. The molecule has 21 heavy (non-hydrogen) atoms. The van der Waals surface area contributed by atoms with Crippen molar-refractivity contribution in [1.82, 2.24) is 9.97 Å². The highest BCUT2D eigenvalue weighted by atomic mass is 35.5. The second kappa shape index (κ2) is 6.64. The van der Waals surface area contributed by atoms with Gasteiger partial charge in [-0.05, 0) is 36.3 Å². The SMILES string of the molecule is CCc1[nH]c(=S)[nH]c(=O)c1Cc1cc(Cl)c(OC)c(Cl)c1. The summed E-state index contributed by atoms with van der Waals surface area (Å²) in [6, 6.07) is 3.49. The molecule has 0 fully saturated rings. The molecule has 0 aliphatic heterocycles. The molecule has 1 aromatic carbocycles. The minimum absolute atomic E-state index is 0.196. The Morgan fingerprint density at radius 2 is 1.86 bits per heavy atom. The second-order valence-corrected chi connectivity index (χ2v) is 5.71. The molecule has 0 amide bonds. The van der Waals surface area contributed by atoms with Crippen molar-refractivity contribution in [2.24, 2.45) is 0 Å². The van der Waals surface area contributed by atoms with Gasteiger partial charge in [0.05, 0.1) is 17.2 Å².